The summed E-state index contributed by atoms with van der Waals surface area (Å²) >= 11 is 0. The van der Waals surface area contributed by atoms with Crippen molar-refractivity contribution in [1.82, 2.24) is 9.97 Å². The van der Waals surface area contributed by atoms with Gasteiger partial charge in [0.15, 0.2) is 17.4 Å². The number of hydrogen-bond acceptors (Lipinski definition) is 5. The molecule has 0 radical (unpaired) electrons. The van der Waals surface area contributed by atoms with Crippen LogP contribution < -0.4 is 11.1 Å². The summed E-state index contributed by atoms with van der Waals surface area (Å²) in [5.41, 5.74) is 12.0. The van der Waals surface area contributed by atoms with Crippen molar-refractivity contribution in [3.63, 3.8) is 0 Å². The molecule has 0 atom stereocenters. The third-order valence-electron chi connectivity index (χ3n) is 5.05. The Morgan fingerprint density at radius 2 is 1.57 bits per heavy atom. The van der Waals surface area contributed by atoms with E-state index in [1.807, 2.05) is 86.6 Å². The molecule has 0 fully saturated rings. The van der Waals surface area contributed by atoms with E-state index >= 15 is 0 Å². The van der Waals surface area contributed by atoms with Gasteiger partial charge in [0, 0.05) is 23.4 Å². The molecule has 3 aromatic carbocycles. The molecule has 1 heterocycles. The average Bonchev–Trinajstić information content (AvgIpc) is 2.77. The molecule has 0 aliphatic rings. The van der Waals surface area contributed by atoms with E-state index in [0.717, 1.165) is 33.5 Å². The third kappa shape index (κ3) is 4.02. The van der Waals surface area contributed by atoms with E-state index in [4.69, 9.17) is 10.7 Å². The first-order chi connectivity index (χ1) is 14.5. The molecule has 4 aromatic rings. The molecular formula is C25H24N4O. The molecule has 0 spiro atoms. The van der Waals surface area contributed by atoms with Crippen LogP contribution in [-0.4, -0.2) is 15.1 Å². The Labute approximate surface area is 176 Å². The molecule has 30 heavy (non-hydrogen) atoms. The van der Waals surface area contributed by atoms with E-state index in [1.165, 1.54) is 0 Å². The Kier molecular flexibility index (Phi) is 5.46. The minimum atomic E-state index is 0.0130. The van der Waals surface area contributed by atoms with Gasteiger partial charge in [-0.3, -0.25) is 0 Å². The Hall–Kier alpha value is -3.70. The van der Waals surface area contributed by atoms with Crippen LogP contribution in [0.3, 0.4) is 0 Å². The number of anilines is 2. The Balaban J connectivity index is 1.85. The van der Waals surface area contributed by atoms with Gasteiger partial charge in [-0.25, -0.2) is 9.97 Å². The van der Waals surface area contributed by atoms with Gasteiger partial charge in [0.1, 0.15) is 5.69 Å². The standard InChI is InChI=1S/C25H24N4O/c1-16-7-11-19(12-8-16)22-23(30)25(27-20-13-9-18(15-26)10-14-20)29-24(28-22)21-6-4-3-5-17(21)2/h3-14,30H,15,26H2,1-2H3,(H,27,28,29). The van der Waals surface area contributed by atoms with Gasteiger partial charge in [0.25, 0.3) is 0 Å². The fraction of sp³-hybridized carbons (Fsp3) is 0.120. The van der Waals surface area contributed by atoms with Crippen molar-refractivity contribution in [2.45, 2.75) is 20.4 Å². The number of nitrogens with zero attached hydrogens (tertiary/aromatic N) is 2. The Bertz CT molecular complexity index is 1170. The number of aryl methyl sites for hydroxylation is 2. The van der Waals surface area contributed by atoms with Crippen molar-refractivity contribution < 1.29 is 5.11 Å². The van der Waals surface area contributed by atoms with Crippen LogP contribution >= 0.6 is 0 Å². The maximum Gasteiger partial charge on any atom is 0.185 e. The van der Waals surface area contributed by atoms with Crippen molar-refractivity contribution in [3.8, 4) is 28.4 Å². The van der Waals surface area contributed by atoms with Crippen LogP contribution in [0.25, 0.3) is 22.6 Å². The van der Waals surface area contributed by atoms with Crippen LogP contribution in [-0.2, 0) is 6.54 Å². The van der Waals surface area contributed by atoms with Crippen molar-refractivity contribution in [2.75, 3.05) is 5.32 Å². The number of aromatic hydroxyl groups is 1. The summed E-state index contributed by atoms with van der Waals surface area (Å²) in [5.74, 6) is 0.931. The lowest BCUT2D eigenvalue weighted by molar-refractivity contribution is 0.475. The summed E-state index contributed by atoms with van der Waals surface area (Å²) in [4.78, 5) is 9.36. The highest BCUT2D eigenvalue weighted by molar-refractivity contribution is 5.78. The second-order valence-corrected chi connectivity index (χ2v) is 7.30. The molecule has 4 N–H and O–H groups in total. The third-order valence-corrected chi connectivity index (χ3v) is 5.05. The molecule has 0 saturated carbocycles. The number of hydrogen-bond donors (Lipinski definition) is 3. The minimum absolute atomic E-state index is 0.0130. The molecule has 0 aliphatic heterocycles. The van der Waals surface area contributed by atoms with Crippen molar-refractivity contribution in [3.05, 3.63) is 89.5 Å². The summed E-state index contributed by atoms with van der Waals surface area (Å²) in [6, 6.07) is 23.6. The topological polar surface area (TPSA) is 84.1 Å². The van der Waals surface area contributed by atoms with Crippen LogP contribution in [0.2, 0.25) is 0 Å². The van der Waals surface area contributed by atoms with Gasteiger partial charge >= 0.3 is 0 Å². The molecule has 0 aliphatic carbocycles. The second kappa shape index (κ2) is 8.35. The molecule has 5 heteroatoms. The summed E-state index contributed by atoms with van der Waals surface area (Å²) in [6.07, 6.45) is 0. The van der Waals surface area contributed by atoms with Gasteiger partial charge in [0.2, 0.25) is 0 Å². The highest BCUT2D eigenvalue weighted by Crippen LogP contribution is 2.37. The summed E-state index contributed by atoms with van der Waals surface area (Å²) in [5, 5.41) is 14.2. The van der Waals surface area contributed by atoms with E-state index < -0.39 is 0 Å². The van der Waals surface area contributed by atoms with Crippen LogP contribution in [0.15, 0.2) is 72.8 Å². The number of nitrogens with two attached hydrogens (primary N) is 1. The van der Waals surface area contributed by atoms with Crippen LogP contribution in [0.4, 0.5) is 11.5 Å². The first-order valence-corrected chi connectivity index (χ1v) is 9.85. The summed E-state index contributed by atoms with van der Waals surface area (Å²) < 4.78 is 0. The van der Waals surface area contributed by atoms with Gasteiger partial charge in [-0.05, 0) is 37.1 Å². The van der Waals surface area contributed by atoms with E-state index in [1.54, 1.807) is 0 Å². The zero-order valence-electron chi connectivity index (χ0n) is 17.1. The van der Waals surface area contributed by atoms with Gasteiger partial charge in [-0.1, -0.05) is 66.2 Å². The highest BCUT2D eigenvalue weighted by atomic mass is 16.3. The molecule has 5 nitrogen and oxygen atoms in total. The molecule has 0 amide bonds. The Morgan fingerprint density at radius 3 is 2.23 bits per heavy atom. The second-order valence-electron chi connectivity index (χ2n) is 7.30. The molecule has 0 unspecified atom stereocenters. The zero-order valence-corrected chi connectivity index (χ0v) is 17.1. The predicted molar refractivity (Wildman–Crippen MR) is 122 cm³/mol. The van der Waals surface area contributed by atoms with E-state index in [9.17, 15) is 5.11 Å². The van der Waals surface area contributed by atoms with Crippen LogP contribution in [0.5, 0.6) is 5.75 Å². The van der Waals surface area contributed by atoms with Crippen molar-refractivity contribution in [2.24, 2.45) is 5.73 Å². The van der Waals surface area contributed by atoms with Crippen LogP contribution in [0, 0.1) is 13.8 Å². The highest BCUT2D eigenvalue weighted by Gasteiger charge is 2.17. The van der Waals surface area contributed by atoms with Gasteiger partial charge < -0.3 is 16.2 Å². The normalized spacial score (nSPS) is 10.8. The molecule has 0 bridgehead atoms. The average molecular weight is 396 g/mol. The SMILES string of the molecule is Cc1ccc(-c2nc(-c3ccccc3C)nc(Nc3ccc(CN)cc3)c2O)cc1. The van der Waals surface area contributed by atoms with E-state index in [0.29, 0.717) is 23.9 Å². The Morgan fingerprint density at radius 1 is 0.867 bits per heavy atom. The number of nitrogens with one attached hydrogen (secondary N) is 1. The first kappa shape index (κ1) is 19.6. The number of benzene rings is 3. The number of aromatic nitrogens is 2. The molecule has 150 valence electrons. The zero-order chi connectivity index (χ0) is 21.1. The lowest BCUT2D eigenvalue weighted by Crippen LogP contribution is -2.02. The van der Waals surface area contributed by atoms with Gasteiger partial charge in [-0.2, -0.15) is 0 Å². The minimum Gasteiger partial charge on any atom is -0.503 e. The van der Waals surface area contributed by atoms with Gasteiger partial charge in [0.05, 0.1) is 0 Å². The quantitative estimate of drug-likeness (QED) is 0.424. The lowest BCUT2D eigenvalue weighted by Gasteiger charge is -2.14. The lowest BCUT2D eigenvalue weighted by atomic mass is 10.1. The maximum absolute atomic E-state index is 11.0. The number of rotatable bonds is 5. The fourth-order valence-corrected chi connectivity index (χ4v) is 3.26. The van der Waals surface area contributed by atoms with Gasteiger partial charge in [-0.15, -0.1) is 0 Å². The molecular weight excluding hydrogens is 372 g/mol. The van der Waals surface area contributed by atoms with Crippen molar-refractivity contribution >= 4 is 11.5 Å². The van der Waals surface area contributed by atoms with E-state index in [2.05, 4.69) is 10.3 Å². The summed E-state index contributed by atoms with van der Waals surface area (Å²) in [7, 11) is 0. The maximum atomic E-state index is 11.0. The molecule has 1 aromatic heterocycles. The molecule has 0 saturated heterocycles. The monoisotopic (exact) mass is 396 g/mol. The van der Waals surface area contributed by atoms with Crippen molar-refractivity contribution in [1.29, 1.82) is 0 Å². The van der Waals surface area contributed by atoms with E-state index in [-0.39, 0.29) is 5.75 Å². The van der Waals surface area contributed by atoms with Crippen LogP contribution in [0.1, 0.15) is 16.7 Å². The smallest absolute Gasteiger partial charge is 0.185 e. The first-order valence-electron chi connectivity index (χ1n) is 9.85. The fourth-order valence-electron chi connectivity index (χ4n) is 3.26. The molecule has 4 rings (SSSR count). The predicted octanol–water partition coefficient (Wildman–Crippen LogP) is 5.34. The largest absolute Gasteiger partial charge is 0.503 e. The summed E-state index contributed by atoms with van der Waals surface area (Å²) in [6.45, 7) is 4.53.